The van der Waals surface area contributed by atoms with Gasteiger partial charge in [0.05, 0.1) is 0 Å². The van der Waals surface area contributed by atoms with E-state index < -0.39 is 0 Å². The minimum absolute atomic E-state index is 0.00131. The molecule has 106 valence electrons. The number of halogens is 1. The normalized spacial score (nSPS) is 22.4. The van der Waals surface area contributed by atoms with Gasteiger partial charge in [-0.2, -0.15) is 0 Å². The topological polar surface area (TPSA) is 66.6 Å². The Bertz CT molecular complexity index is 555. The van der Waals surface area contributed by atoms with Gasteiger partial charge in [-0.05, 0) is 25.0 Å². The van der Waals surface area contributed by atoms with Gasteiger partial charge in [0.2, 0.25) is 11.8 Å². The molecular formula is C14H16ClN3O2. The van der Waals surface area contributed by atoms with Crippen LogP contribution in [-0.2, 0) is 16.1 Å². The second-order valence-corrected chi connectivity index (χ2v) is 5.65. The number of piperazine rings is 1. The highest BCUT2D eigenvalue weighted by Gasteiger charge is 2.41. The van der Waals surface area contributed by atoms with Crippen LogP contribution in [-0.4, -0.2) is 40.7 Å². The first-order valence-corrected chi connectivity index (χ1v) is 7.07. The van der Waals surface area contributed by atoms with Crippen molar-refractivity contribution in [2.75, 3.05) is 18.8 Å². The van der Waals surface area contributed by atoms with Crippen LogP contribution < -0.4 is 5.73 Å². The van der Waals surface area contributed by atoms with Gasteiger partial charge in [-0.3, -0.25) is 9.59 Å². The average Bonchev–Trinajstić information content (AvgIpc) is 2.89. The first kappa shape index (κ1) is 13.2. The highest BCUT2D eigenvalue weighted by molar-refractivity contribution is 6.31. The summed E-state index contributed by atoms with van der Waals surface area (Å²) < 4.78 is 0. The Morgan fingerprint density at radius 2 is 2.15 bits per heavy atom. The van der Waals surface area contributed by atoms with Gasteiger partial charge in [0.1, 0.15) is 12.6 Å². The maximum Gasteiger partial charge on any atom is 0.246 e. The summed E-state index contributed by atoms with van der Waals surface area (Å²) in [5.41, 5.74) is 7.17. The van der Waals surface area contributed by atoms with Crippen molar-refractivity contribution in [2.24, 2.45) is 0 Å². The van der Waals surface area contributed by atoms with Gasteiger partial charge in [0.15, 0.2) is 0 Å². The molecule has 6 heteroatoms. The molecule has 1 unspecified atom stereocenters. The van der Waals surface area contributed by atoms with Crippen molar-refractivity contribution in [3.05, 3.63) is 28.8 Å². The number of benzene rings is 1. The zero-order chi connectivity index (χ0) is 14.3. The summed E-state index contributed by atoms with van der Waals surface area (Å²) in [6, 6.07) is 4.97. The molecule has 5 nitrogen and oxygen atoms in total. The molecular weight excluding hydrogens is 278 g/mol. The predicted octanol–water partition coefficient (Wildman–Crippen LogP) is 1.26. The number of fused-ring (bicyclic) bond motifs is 1. The van der Waals surface area contributed by atoms with E-state index >= 15 is 0 Å². The van der Waals surface area contributed by atoms with E-state index in [1.54, 1.807) is 28.0 Å². The number of nitrogen functional groups attached to an aromatic ring is 1. The quantitative estimate of drug-likeness (QED) is 0.835. The molecule has 0 aromatic heterocycles. The van der Waals surface area contributed by atoms with Crippen molar-refractivity contribution >= 4 is 29.1 Å². The molecule has 1 atom stereocenters. The molecule has 2 fully saturated rings. The highest BCUT2D eigenvalue weighted by Crippen LogP contribution is 2.28. The number of carbonyl (C=O) groups excluding carboxylic acids is 2. The van der Waals surface area contributed by atoms with E-state index in [2.05, 4.69) is 0 Å². The van der Waals surface area contributed by atoms with Gasteiger partial charge in [-0.15, -0.1) is 0 Å². The Balaban J connectivity index is 1.84. The molecule has 2 amide bonds. The number of carbonyl (C=O) groups is 2. The van der Waals surface area contributed by atoms with Crippen molar-refractivity contribution in [1.82, 2.24) is 9.80 Å². The molecule has 2 N–H and O–H groups in total. The number of hydrogen-bond acceptors (Lipinski definition) is 3. The van der Waals surface area contributed by atoms with E-state index in [9.17, 15) is 9.59 Å². The van der Waals surface area contributed by atoms with E-state index in [0.29, 0.717) is 29.4 Å². The SMILES string of the molecule is Nc1cccc(Cl)c1CN1CC(=O)N2CCCC2C1=O. The first-order valence-electron chi connectivity index (χ1n) is 6.69. The zero-order valence-electron chi connectivity index (χ0n) is 11.0. The number of nitrogens with zero attached hydrogens (tertiary/aromatic N) is 2. The van der Waals surface area contributed by atoms with Crippen molar-refractivity contribution in [2.45, 2.75) is 25.4 Å². The molecule has 0 radical (unpaired) electrons. The lowest BCUT2D eigenvalue weighted by Gasteiger charge is -2.36. The van der Waals surface area contributed by atoms with Crippen molar-refractivity contribution in [1.29, 1.82) is 0 Å². The zero-order valence-corrected chi connectivity index (χ0v) is 11.8. The number of hydrogen-bond donors (Lipinski definition) is 1. The van der Waals surface area contributed by atoms with Gasteiger partial charge in [-0.25, -0.2) is 0 Å². The van der Waals surface area contributed by atoms with Crippen LogP contribution in [0.25, 0.3) is 0 Å². The monoisotopic (exact) mass is 293 g/mol. The third-order valence-electron chi connectivity index (χ3n) is 4.00. The summed E-state index contributed by atoms with van der Waals surface area (Å²) in [6.07, 6.45) is 1.64. The fraction of sp³-hybridized carbons (Fsp3) is 0.429. The summed E-state index contributed by atoms with van der Waals surface area (Å²) in [5.74, 6) is 0.0131. The van der Waals surface area contributed by atoms with Crippen molar-refractivity contribution < 1.29 is 9.59 Å². The highest BCUT2D eigenvalue weighted by atomic mass is 35.5. The molecule has 2 aliphatic rings. The standard InChI is InChI=1S/C14H16ClN3O2/c15-10-3-1-4-11(16)9(10)7-17-8-13(19)18-6-2-5-12(18)14(17)20/h1,3-4,12H,2,5-8,16H2. The van der Waals surface area contributed by atoms with Crippen LogP contribution in [0.1, 0.15) is 18.4 Å². The number of anilines is 1. The molecule has 2 saturated heterocycles. The summed E-state index contributed by atoms with van der Waals surface area (Å²) in [5, 5.41) is 0.527. The Labute approximate surface area is 122 Å². The molecule has 2 aliphatic heterocycles. The van der Waals surface area contributed by atoms with Crippen LogP contribution in [0.3, 0.4) is 0 Å². The van der Waals surface area contributed by atoms with Crippen LogP contribution in [0.4, 0.5) is 5.69 Å². The van der Waals surface area contributed by atoms with Crippen LogP contribution in [0.15, 0.2) is 18.2 Å². The van der Waals surface area contributed by atoms with E-state index in [1.807, 2.05) is 0 Å². The number of rotatable bonds is 2. The third-order valence-corrected chi connectivity index (χ3v) is 4.35. The first-order chi connectivity index (χ1) is 9.58. The minimum atomic E-state index is -0.292. The van der Waals surface area contributed by atoms with Gasteiger partial charge in [-0.1, -0.05) is 17.7 Å². The summed E-state index contributed by atoms with van der Waals surface area (Å²) in [4.78, 5) is 27.7. The smallest absolute Gasteiger partial charge is 0.246 e. The Morgan fingerprint density at radius 3 is 2.90 bits per heavy atom. The van der Waals surface area contributed by atoms with Gasteiger partial charge in [0, 0.05) is 29.4 Å². The lowest BCUT2D eigenvalue weighted by molar-refractivity contribution is -0.154. The third kappa shape index (κ3) is 2.12. The number of amides is 2. The molecule has 0 aliphatic carbocycles. The maximum atomic E-state index is 12.4. The van der Waals surface area contributed by atoms with E-state index in [1.165, 1.54) is 0 Å². The summed E-state index contributed by atoms with van der Waals surface area (Å²) in [7, 11) is 0. The Hall–Kier alpha value is -1.75. The van der Waals surface area contributed by atoms with Crippen LogP contribution in [0, 0.1) is 0 Å². The van der Waals surface area contributed by atoms with Gasteiger partial charge >= 0.3 is 0 Å². The summed E-state index contributed by atoms with van der Waals surface area (Å²) >= 11 is 6.13. The molecule has 20 heavy (non-hydrogen) atoms. The van der Waals surface area contributed by atoms with E-state index in [-0.39, 0.29) is 24.4 Å². The minimum Gasteiger partial charge on any atom is -0.398 e. The van der Waals surface area contributed by atoms with Crippen LogP contribution in [0.5, 0.6) is 0 Å². The molecule has 0 saturated carbocycles. The summed E-state index contributed by atoms with van der Waals surface area (Å²) in [6.45, 7) is 1.09. The van der Waals surface area contributed by atoms with Gasteiger partial charge < -0.3 is 15.5 Å². The fourth-order valence-corrected chi connectivity index (χ4v) is 3.17. The molecule has 0 bridgehead atoms. The van der Waals surface area contributed by atoms with Gasteiger partial charge in [0.25, 0.3) is 0 Å². The molecule has 1 aromatic rings. The second kappa shape index (κ2) is 4.98. The Kier molecular flexibility index (Phi) is 3.30. The van der Waals surface area contributed by atoms with Crippen LogP contribution in [0.2, 0.25) is 5.02 Å². The Morgan fingerprint density at radius 1 is 1.35 bits per heavy atom. The molecule has 2 heterocycles. The number of nitrogens with two attached hydrogens (primary N) is 1. The largest absolute Gasteiger partial charge is 0.398 e. The molecule has 1 aromatic carbocycles. The maximum absolute atomic E-state index is 12.4. The molecule has 0 spiro atoms. The van der Waals surface area contributed by atoms with E-state index in [4.69, 9.17) is 17.3 Å². The average molecular weight is 294 g/mol. The predicted molar refractivity (Wildman–Crippen MR) is 76.0 cm³/mol. The lowest BCUT2D eigenvalue weighted by Crippen LogP contribution is -2.56. The van der Waals surface area contributed by atoms with Crippen molar-refractivity contribution in [3.8, 4) is 0 Å². The second-order valence-electron chi connectivity index (χ2n) is 5.25. The van der Waals surface area contributed by atoms with E-state index in [0.717, 1.165) is 12.8 Å². The van der Waals surface area contributed by atoms with Crippen LogP contribution >= 0.6 is 11.6 Å². The fourth-order valence-electron chi connectivity index (χ4n) is 2.93. The molecule has 3 rings (SSSR count). The van der Waals surface area contributed by atoms with Crippen molar-refractivity contribution in [3.63, 3.8) is 0 Å². The lowest BCUT2D eigenvalue weighted by atomic mass is 10.1.